The zero-order chi connectivity index (χ0) is 17.0. The van der Waals surface area contributed by atoms with Gasteiger partial charge in [0.25, 0.3) is 0 Å². The maximum Gasteiger partial charge on any atom is 0.353 e. The molecule has 1 fully saturated rings. The summed E-state index contributed by atoms with van der Waals surface area (Å²) in [6.07, 6.45) is 3.10. The highest BCUT2D eigenvalue weighted by Crippen LogP contribution is 2.34. The standard InChI is InChI=1S/C15H26N6O2/c1-10(2)6-7-17-15-18-13(16)12(21(22)23)14(19-15)20-8-4-5-11(3)9-20/h10-11H,4-9H2,1-3H3,(H3,16,17,18,19). The van der Waals surface area contributed by atoms with Gasteiger partial charge in [-0.25, -0.2) is 0 Å². The fourth-order valence-electron chi connectivity index (χ4n) is 2.79. The molecule has 2 rings (SSSR count). The Morgan fingerprint density at radius 2 is 2.22 bits per heavy atom. The second-order valence-corrected chi connectivity index (χ2v) is 6.66. The number of aromatic nitrogens is 2. The summed E-state index contributed by atoms with van der Waals surface area (Å²) in [7, 11) is 0. The van der Waals surface area contributed by atoms with Crippen LogP contribution in [0.5, 0.6) is 0 Å². The van der Waals surface area contributed by atoms with Gasteiger partial charge < -0.3 is 16.0 Å². The Hall–Kier alpha value is -2.12. The summed E-state index contributed by atoms with van der Waals surface area (Å²) in [5.41, 5.74) is 5.65. The molecule has 1 atom stereocenters. The van der Waals surface area contributed by atoms with E-state index in [1.165, 1.54) is 0 Å². The average molecular weight is 322 g/mol. The highest BCUT2D eigenvalue weighted by Gasteiger charge is 2.29. The van der Waals surface area contributed by atoms with Gasteiger partial charge in [0.2, 0.25) is 17.6 Å². The Labute approximate surface area is 136 Å². The number of piperidine rings is 1. The van der Waals surface area contributed by atoms with E-state index in [0.29, 0.717) is 30.1 Å². The van der Waals surface area contributed by atoms with E-state index in [1.54, 1.807) is 0 Å². The molecule has 1 unspecified atom stereocenters. The third-order valence-electron chi connectivity index (χ3n) is 4.04. The lowest BCUT2D eigenvalue weighted by molar-refractivity contribution is -0.383. The summed E-state index contributed by atoms with van der Waals surface area (Å²) in [5, 5.41) is 14.5. The van der Waals surface area contributed by atoms with Crippen molar-refractivity contribution in [2.75, 3.05) is 35.6 Å². The minimum absolute atomic E-state index is 0.0785. The van der Waals surface area contributed by atoms with E-state index in [9.17, 15) is 10.1 Å². The summed E-state index contributed by atoms with van der Waals surface area (Å²) in [5.74, 6) is 1.66. The first-order chi connectivity index (χ1) is 10.9. The molecule has 1 aromatic rings. The molecule has 128 valence electrons. The maximum atomic E-state index is 11.4. The minimum atomic E-state index is -0.484. The van der Waals surface area contributed by atoms with E-state index in [0.717, 1.165) is 32.4 Å². The Kier molecular flexibility index (Phi) is 5.57. The number of rotatable bonds is 6. The minimum Gasteiger partial charge on any atom is -0.378 e. The molecule has 8 nitrogen and oxygen atoms in total. The van der Waals surface area contributed by atoms with Crippen molar-refractivity contribution in [3.05, 3.63) is 10.1 Å². The number of hydrogen-bond acceptors (Lipinski definition) is 7. The Balaban J connectivity index is 2.28. The first-order valence-corrected chi connectivity index (χ1v) is 8.19. The number of hydrogen-bond donors (Lipinski definition) is 2. The monoisotopic (exact) mass is 322 g/mol. The van der Waals surface area contributed by atoms with Gasteiger partial charge in [-0.15, -0.1) is 0 Å². The van der Waals surface area contributed by atoms with Crippen molar-refractivity contribution in [2.45, 2.75) is 40.0 Å². The molecule has 0 saturated carbocycles. The summed E-state index contributed by atoms with van der Waals surface area (Å²) in [6.45, 7) is 8.63. The predicted molar refractivity (Wildman–Crippen MR) is 91.7 cm³/mol. The van der Waals surface area contributed by atoms with Crippen LogP contribution < -0.4 is 16.0 Å². The van der Waals surface area contributed by atoms with Crippen LogP contribution in [0.3, 0.4) is 0 Å². The third kappa shape index (κ3) is 4.43. The van der Waals surface area contributed by atoms with Gasteiger partial charge in [0.05, 0.1) is 4.92 Å². The van der Waals surface area contributed by atoms with Crippen LogP contribution >= 0.6 is 0 Å². The molecule has 0 aliphatic carbocycles. The highest BCUT2D eigenvalue weighted by molar-refractivity contribution is 5.71. The molecule has 0 bridgehead atoms. The van der Waals surface area contributed by atoms with Crippen LogP contribution in [0.4, 0.5) is 23.3 Å². The van der Waals surface area contributed by atoms with Gasteiger partial charge in [-0.05, 0) is 31.1 Å². The molecule has 2 heterocycles. The van der Waals surface area contributed by atoms with Crippen LogP contribution in [0.25, 0.3) is 0 Å². The van der Waals surface area contributed by atoms with E-state index in [-0.39, 0.29) is 11.5 Å². The summed E-state index contributed by atoms with van der Waals surface area (Å²) < 4.78 is 0. The van der Waals surface area contributed by atoms with Crippen molar-refractivity contribution in [3.8, 4) is 0 Å². The Morgan fingerprint density at radius 3 is 2.83 bits per heavy atom. The first-order valence-electron chi connectivity index (χ1n) is 8.19. The summed E-state index contributed by atoms with van der Waals surface area (Å²) in [4.78, 5) is 21.3. The van der Waals surface area contributed by atoms with Gasteiger partial charge in [-0.2, -0.15) is 9.97 Å². The fourth-order valence-corrected chi connectivity index (χ4v) is 2.79. The van der Waals surface area contributed by atoms with Gasteiger partial charge in [0.1, 0.15) is 0 Å². The van der Waals surface area contributed by atoms with Crippen molar-refractivity contribution in [1.29, 1.82) is 0 Å². The zero-order valence-electron chi connectivity index (χ0n) is 14.1. The van der Waals surface area contributed by atoms with Crippen LogP contribution in [0.2, 0.25) is 0 Å². The maximum absolute atomic E-state index is 11.4. The van der Waals surface area contributed by atoms with Crippen LogP contribution in [0.15, 0.2) is 0 Å². The fraction of sp³-hybridized carbons (Fsp3) is 0.733. The number of nitrogen functional groups attached to an aromatic ring is 1. The van der Waals surface area contributed by atoms with Crippen molar-refractivity contribution in [3.63, 3.8) is 0 Å². The van der Waals surface area contributed by atoms with Crippen molar-refractivity contribution in [2.24, 2.45) is 11.8 Å². The molecule has 8 heteroatoms. The molecule has 1 aromatic heterocycles. The van der Waals surface area contributed by atoms with Gasteiger partial charge in [0.15, 0.2) is 0 Å². The molecule has 1 aliphatic rings. The van der Waals surface area contributed by atoms with E-state index in [4.69, 9.17) is 5.73 Å². The van der Waals surface area contributed by atoms with Gasteiger partial charge in [0, 0.05) is 19.6 Å². The zero-order valence-corrected chi connectivity index (χ0v) is 14.1. The molecule has 3 N–H and O–H groups in total. The van der Waals surface area contributed by atoms with E-state index in [2.05, 4.69) is 36.1 Å². The van der Waals surface area contributed by atoms with Gasteiger partial charge in [-0.3, -0.25) is 10.1 Å². The second-order valence-electron chi connectivity index (χ2n) is 6.66. The van der Waals surface area contributed by atoms with E-state index >= 15 is 0 Å². The lowest BCUT2D eigenvalue weighted by Crippen LogP contribution is -2.35. The Bertz CT molecular complexity index is 563. The van der Waals surface area contributed by atoms with Crippen LogP contribution in [-0.2, 0) is 0 Å². The van der Waals surface area contributed by atoms with Crippen LogP contribution in [-0.4, -0.2) is 34.5 Å². The normalized spacial score (nSPS) is 18.3. The Morgan fingerprint density at radius 1 is 1.48 bits per heavy atom. The van der Waals surface area contributed by atoms with Crippen LogP contribution in [0, 0.1) is 22.0 Å². The van der Waals surface area contributed by atoms with Gasteiger partial charge >= 0.3 is 5.69 Å². The molecule has 0 aromatic carbocycles. The SMILES string of the molecule is CC(C)CCNc1nc(N)c([N+](=O)[O-])c(N2CCCC(C)C2)n1. The molecule has 0 spiro atoms. The molecular formula is C15H26N6O2. The lowest BCUT2D eigenvalue weighted by atomic mass is 10.0. The van der Waals surface area contributed by atoms with Gasteiger partial charge in [-0.1, -0.05) is 20.8 Å². The number of nitrogens with zero attached hydrogens (tertiary/aromatic N) is 4. The number of anilines is 3. The summed E-state index contributed by atoms with van der Waals surface area (Å²) >= 11 is 0. The summed E-state index contributed by atoms with van der Waals surface area (Å²) in [6, 6.07) is 0. The molecule has 23 heavy (non-hydrogen) atoms. The van der Waals surface area contributed by atoms with E-state index in [1.807, 2.05) is 4.90 Å². The van der Waals surface area contributed by atoms with Crippen LogP contribution in [0.1, 0.15) is 40.0 Å². The number of nitro groups is 1. The predicted octanol–water partition coefficient (Wildman–Crippen LogP) is 2.66. The van der Waals surface area contributed by atoms with Crippen molar-refractivity contribution in [1.82, 2.24) is 9.97 Å². The number of nitrogens with one attached hydrogen (secondary N) is 1. The lowest BCUT2D eigenvalue weighted by Gasteiger charge is -2.31. The molecular weight excluding hydrogens is 296 g/mol. The molecule has 0 amide bonds. The smallest absolute Gasteiger partial charge is 0.353 e. The topological polar surface area (TPSA) is 110 Å². The highest BCUT2D eigenvalue weighted by atomic mass is 16.6. The second kappa shape index (κ2) is 7.43. The number of nitrogens with two attached hydrogens (primary N) is 1. The van der Waals surface area contributed by atoms with Crippen molar-refractivity contribution >= 4 is 23.3 Å². The van der Waals surface area contributed by atoms with Crippen molar-refractivity contribution < 1.29 is 4.92 Å². The quantitative estimate of drug-likeness (QED) is 0.612. The van der Waals surface area contributed by atoms with E-state index < -0.39 is 4.92 Å². The molecule has 1 aliphatic heterocycles. The molecule has 1 saturated heterocycles. The largest absolute Gasteiger partial charge is 0.378 e. The third-order valence-corrected chi connectivity index (χ3v) is 4.04. The average Bonchev–Trinajstić information content (AvgIpc) is 2.45. The first kappa shape index (κ1) is 17.2. The molecule has 0 radical (unpaired) electrons.